The van der Waals surface area contributed by atoms with Gasteiger partial charge in [-0.2, -0.15) is 0 Å². The van der Waals surface area contributed by atoms with Gasteiger partial charge in [-0.05, 0) is 13.3 Å². The second-order valence-electron chi connectivity index (χ2n) is 4.78. The third-order valence-corrected chi connectivity index (χ3v) is 4.30. The van der Waals surface area contributed by atoms with E-state index in [2.05, 4.69) is 9.88 Å². The molecule has 0 saturated carbocycles. The summed E-state index contributed by atoms with van der Waals surface area (Å²) in [5.41, 5.74) is 6.76. The molecule has 1 aromatic rings. The van der Waals surface area contributed by atoms with Crippen molar-refractivity contribution >= 4 is 22.4 Å². The maximum atomic E-state index is 11.4. The highest BCUT2D eigenvalue weighted by molar-refractivity contribution is 7.13. The zero-order chi connectivity index (χ0) is 14.5. The van der Waals surface area contributed by atoms with Gasteiger partial charge in [-0.1, -0.05) is 0 Å². The van der Waals surface area contributed by atoms with E-state index < -0.39 is 0 Å². The number of piperidine rings is 1. The molecule has 0 amide bonds. The van der Waals surface area contributed by atoms with Crippen LogP contribution >= 0.6 is 11.3 Å². The highest BCUT2D eigenvalue weighted by Crippen LogP contribution is 2.25. The van der Waals surface area contributed by atoms with Crippen LogP contribution in [0.2, 0.25) is 0 Å². The fourth-order valence-corrected chi connectivity index (χ4v) is 3.10. The Balaban J connectivity index is 1.96. The topological polar surface area (TPSA) is 77.7 Å². The molecule has 6 nitrogen and oxygen atoms in total. The molecule has 0 bridgehead atoms. The van der Waals surface area contributed by atoms with Gasteiger partial charge in [-0.3, -0.25) is 4.79 Å². The number of hydrogen-bond donors (Lipinski definition) is 1. The predicted molar refractivity (Wildman–Crippen MR) is 78.1 cm³/mol. The summed E-state index contributed by atoms with van der Waals surface area (Å²) in [6, 6.07) is 0.0789. The highest BCUT2D eigenvalue weighted by Gasteiger charge is 2.28. The van der Waals surface area contributed by atoms with E-state index in [4.69, 9.17) is 15.2 Å². The maximum Gasteiger partial charge on any atom is 0.311 e. The first kappa shape index (κ1) is 15.2. The Morgan fingerprint density at radius 2 is 2.45 bits per heavy atom. The van der Waals surface area contributed by atoms with E-state index in [0.717, 1.165) is 30.3 Å². The normalized spacial score (nSPS) is 22.9. The average molecular weight is 299 g/mol. The Morgan fingerprint density at radius 1 is 1.65 bits per heavy atom. The number of methoxy groups -OCH3 is 1. The van der Waals surface area contributed by atoms with Gasteiger partial charge in [-0.25, -0.2) is 4.98 Å². The third-order valence-electron chi connectivity index (χ3n) is 3.35. The van der Waals surface area contributed by atoms with Crippen molar-refractivity contribution in [1.82, 2.24) is 4.98 Å². The van der Waals surface area contributed by atoms with Crippen molar-refractivity contribution in [3.8, 4) is 0 Å². The number of carbonyl (C=O) groups excluding carboxylic acids is 1. The summed E-state index contributed by atoms with van der Waals surface area (Å²) < 4.78 is 10.3. The van der Waals surface area contributed by atoms with E-state index >= 15 is 0 Å². The molecule has 2 rings (SSSR count). The molecular weight excluding hydrogens is 278 g/mol. The van der Waals surface area contributed by atoms with Crippen molar-refractivity contribution in [3.63, 3.8) is 0 Å². The molecule has 0 radical (unpaired) electrons. The van der Waals surface area contributed by atoms with Crippen molar-refractivity contribution in [1.29, 1.82) is 0 Å². The van der Waals surface area contributed by atoms with Gasteiger partial charge in [0, 0.05) is 31.6 Å². The van der Waals surface area contributed by atoms with Gasteiger partial charge >= 0.3 is 5.97 Å². The number of aromatic nitrogens is 1. The van der Waals surface area contributed by atoms with Gasteiger partial charge in [0.2, 0.25) is 0 Å². The summed E-state index contributed by atoms with van der Waals surface area (Å²) in [6.45, 7) is 3.80. The Bertz CT molecular complexity index is 452. The lowest BCUT2D eigenvalue weighted by atomic mass is 10.0. The molecule has 2 unspecified atom stereocenters. The molecule has 112 valence electrons. The van der Waals surface area contributed by atoms with Crippen molar-refractivity contribution < 1.29 is 14.3 Å². The number of hydrogen-bond acceptors (Lipinski definition) is 7. The monoisotopic (exact) mass is 299 g/mol. The molecule has 2 atom stereocenters. The summed E-state index contributed by atoms with van der Waals surface area (Å²) in [7, 11) is 1.68. The van der Waals surface area contributed by atoms with Crippen LogP contribution in [0.4, 0.5) is 5.13 Å². The molecule has 0 aromatic carbocycles. The smallest absolute Gasteiger partial charge is 0.311 e. The molecule has 1 aromatic heterocycles. The first-order valence-corrected chi connectivity index (χ1v) is 7.65. The molecule has 2 heterocycles. The van der Waals surface area contributed by atoms with Gasteiger partial charge in [0.1, 0.15) is 0 Å². The van der Waals surface area contributed by atoms with Gasteiger partial charge in [-0.15, -0.1) is 11.3 Å². The molecule has 2 N–H and O–H groups in total. The van der Waals surface area contributed by atoms with Gasteiger partial charge in [0.15, 0.2) is 5.13 Å². The fourth-order valence-electron chi connectivity index (χ4n) is 2.24. The summed E-state index contributed by atoms with van der Waals surface area (Å²) in [4.78, 5) is 18.1. The Hall–Kier alpha value is -1.18. The van der Waals surface area contributed by atoms with E-state index in [1.807, 2.05) is 5.38 Å². The van der Waals surface area contributed by atoms with Crippen molar-refractivity contribution in [2.24, 2.45) is 5.73 Å². The van der Waals surface area contributed by atoms with E-state index in [1.54, 1.807) is 25.4 Å². The number of nitrogens with two attached hydrogens (primary N) is 1. The van der Waals surface area contributed by atoms with Gasteiger partial charge in [0.25, 0.3) is 0 Å². The lowest BCUT2D eigenvalue weighted by Crippen LogP contribution is -2.51. The minimum atomic E-state index is -0.236. The number of esters is 1. The molecule has 20 heavy (non-hydrogen) atoms. The summed E-state index contributed by atoms with van der Waals surface area (Å²) in [5, 5.41) is 2.82. The standard InChI is InChI=1S/C13H21N3O3S/c1-3-19-12(17)6-9-8-20-13(15-9)16-5-4-10(14)11(7-16)18-2/h8,10-11H,3-7,14H2,1-2H3. The van der Waals surface area contributed by atoms with Gasteiger partial charge in [0.05, 0.1) is 24.8 Å². The molecule has 1 saturated heterocycles. The average Bonchev–Trinajstić information content (AvgIpc) is 2.88. The second-order valence-corrected chi connectivity index (χ2v) is 5.61. The maximum absolute atomic E-state index is 11.4. The van der Waals surface area contributed by atoms with Crippen molar-refractivity contribution in [3.05, 3.63) is 11.1 Å². The van der Waals surface area contributed by atoms with Crippen LogP contribution in [-0.4, -0.2) is 49.9 Å². The van der Waals surface area contributed by atoms with E-state index in [9.17, 15) is 4.79 Å². The minimum Gasteiger partial charge on any atom is -0.466 e. The number of anilines is 1. The zero-order valence-corrected chi connectivity index (χ0v) is 12.7. The molecule has 7 heteroatoms. The molecule has 1 fully saturated rings. The van der Waals surface area contributed by atoms with Crippen LogP contribution in [0.5, 0.6) is 0 Å². The number of rotatable bonds is 5. The van der Waals surface area contributed by atoms with E-state index in [0.29, 0.717) is 6.61 Å². The van der Waals surface area contributed by atoms with Crippen LogP contribution < -0.4 is 10.6 Å². The van der Waals surface area contributed by atoms with Crippen LogP contribution in [0, 0.1) is 0 Å². The first-order chi connectivity index (χ1) is 9.63. The zero-order valence-electron chi connectivity index (χ0n) is 11.9. The second kappa shape index (κ2) is 7.01. The van der Waals surface area contributed by atoms with E-state index in [-0.39, 0.29) is 24.5 Å². The lowest BCUT2D eigenvalue weighted by Gasteiger charge is -2.35. The lowest BCUT2D eigenvalue weighted by molar-refractivity contribution is -0.142. The highest BCUT2D eigenvalue weighted by atomic mass is 32.1. The van der Waals surface area contributed by atoms with Crippen LogP contribution in [0.15, 0.2) is 5.38 Å². The fraction of sp³-hybridized carbons (Fsp3) is 0.692. The van der Waals surface area contributed by atoms with Crippen LogP contribution in [-0.2, 0) is 20.7 Å². The number of ether oxygens (including phenoxy) is 2. The molecule has 0 aliphatic carbocycles. The number of carbonyl (C=O) groups is 1. The summed E-state index contributed by atoms with van der Waals surface area (Å²) in [5.74, 6) is -0.236. The summed E-state index contributed by atoms with van der Waals surface area (Å²) >= 11 is 1.54. The van der Waals surface area contributed by atoms with Gasteiger partial charge < -0.3 is 20.1 Å². The number of nitrogens with zero attached hydrogens (tertiary/aromatic N) is 2. The molecule has 0 spiro atoms. The van der Waals surface area contributed by atoms with Crippen molar-refractivity contribution in [2.45, 2.75) is 31.9 Å². The van der Waals surface area contributed by atoms with Crippen LogP contribution in [0.1, 0.15) is 19.0 Å². The van der Waals surface area contributed by atoms with E-state index in [1.165, 1.54) is 0 Å². The largest absolute Gasteiger partial charge is 0.466 e. The molecule has 1 aliphatic rings. The Labute approximate surface area is 122 Å². The van der Waals surface area contributed by atoms with Crippen LogP contribution in [0.25, 0.3) is 0 Å². The SMILES string of the molecule is CCOC(=O)Cc1csc(N2CCC(N)C(OC)C2)n1. The molecular formula is C13H21N3O3S. The number of thiazole rings is 1. The quantitative estimate of drug-likeness (QED) is 0.810. The third kappa shape index (κ3) is 3.68. The van der Waals surface area contributed by atoms with Crippen LogP contribution in [0.3, 0.4) is 0 Å². The minimum absolute atomic E-state index is 0.0288. The Kier molecular flexibility index (Phi) is 5.33. The Morgan fingerprint density at radius 3 is 3.15 bits per heavy atom. The first-order valence-electron chi connectivity index (χ1n) is 6.77. The molecule has 1 aliphatic heterocycles. The van der Waals surface area contributed by atoms with Crippen molar-refractivity contribution in [2.75, 3.05) is 31.7 Å². The predicted octanol–water partition coefficient (Wildman–Crippen LogP) is 0.801. The summed E-state index contributed by atoms with van der Waals surface area (Å²) in [6.07, 6.45) is 1.14.